The van der Waals surface area contributed by atoms with Gasteiger partial charge in [-0.15, -0.1) is 6.42 Å². The molecule has 3 nitrogen and oxygen atoms in total. The maximum atomic E-state index is 11.9. The molecule has 2 atom stereocenters. The summed E-state index contributed by atoms with van der Waals surface area (Å²) in [7, 11) is 3.49. The molecule has 5 heteroatoms. The van der Waals surface area contributed by atoms with E-state index in [1.807, 2.05) is 0 Å². The summed E-state index contributed by atoms with van der Waals surface area (Å²) in [4.78, 5) is 0. The Balaban J connectivity index is 2.69. The van der Waals surface area contributed by atoms with Crippen molar-refractivity contribution in [2.75, 3.05) is 19.8 Å². The molecule has 1 aliphatic rings. The van der Waals surface area contributed by atoms with Gasteiger partial charge in [0.15, 0.2) is 0 Å². The zero-order chi connectivity index (χ0) is 9.19. The van der Waals surface area contributed by atoms with Crippen LogP contribution in [-0.2, 0) is 9.09 Å². The molecule has 0 bridgehead atoms. The van der Waals surface area contributed by atoms with Crippen molar-refractivity contribution in [3.05, 3.63) is 0 Å². The first-order valence-corrected chi connectivity index (χ1v) is 6.82. The molecule has 0 aliphatic carbocycles. The number of hydrogen-bond acceptors (Lipinski definition) is 3. The summed E-state index contributed by atoms with van der Waals surface area (Å²) in [5.74, 6) is 3.29. The fourth-order valence-electron chi connectivity index (χ4n) is 0.843. The highest BCUT2D eigenvalue weighted by molar-refractivity contribution is 8.55. The molecule has 0 amide bonds. The van der Waals surface area contributed by atoms with E-state index in [4.69, 9.17) is 10.9 Å². The molecular weight excluding hydrogens is 193 g/mol. The minimum absolute atomic E-state index is 0.278. The maximum Gasteiger partial charge on any atom is 0.329 e. The van der Waals surface area contributed by atoms with E-state index in [-0.39, 0.29) is 6.10 Å². The first-order chi connectivity index (χ1) is 5.58. The second kappa shape index (κ2) is 3.85. The molecule has 0 aromatic heterocycles. The summed E-state index contributed by atoms with van der Waals surface area (Å²) in [6.07, 6.45) is 5.71. The van der Waals surface area contributed by atoms with Gasteiger partial charge >= 0.3 is 6.72 Å². The average molecular weight is 205 g/mol. The van der Waals surface area contributed by atoms with Crippen LogP contribution >= 0.6 is 18.1 Å². The minimum Gasteiger partial charge on any atom is -0.293 e. The molecule has 1 fully saturated rings. The molecule has 68 valence electrons. The molecule has 0 saturated carbocycles. The largest absolute Gasteiger partial charge is 0.329 e. The summed E-state index contributed by atoms with van der Waals surface area (Å²) in [5, 5.41) is 0. The highest BCUT2D eigenvalue weighted by Crippen LogP contribution is 2.64. The number of nitrogens with zero attached hydrogens (tertiary/aromatic N) is 1. The van der Waals surface area contributed by atoms with Gasteiger partial charge in [-0.3, -0.25) is 9.09 Å². The number of terminal acetylenes is 1. The summed E-state index contributed by atoms with van der Waals surface area (Å²) in [6.45, 7) is -2.65. The van der Waals surface area contributed by atoms with Crippen molar-refractivity contribution in [1.29, 1.82) is 0 Å². The molecule has 12 heavy (non-hydrogen) atoms. The van der Waals surface area contributed by atoms with Crippen molar-refractivity contribution < 1.29 is 9.09 Å². The monoisotopic (exact) mass is 205 g/mol. The Bertz CT molecular complexity index is 248. The minimum atomic E-state index is -2.65. The molecule has 0 N–H and O–H groups in total. The lowest BCUT2D eigenvalue weighted by Gasteiger charge is -2.30. The molecule has 0 aromatic rings. The van der Waals surface area contributed by atoms with Crippen LogP contribution in [0.5, 0.6) is 0 Å². The Morgan fingerprint density at radius 3 is 2.92 bits per heavy atom. The van der Waals surface area contributed by atoms with Crippen LogP contribution in [0, 0.1) is 12.3 Å². The topological polar surface area (TPSA) is 29.5 Å². The lowest BCUT2D eigenvalue weighted by atomic mass is 10.3. The molecule has 1 saturated heterocycles. The van der Waals surface area contributed by atoms with Crippen molar-refractivity contribution in [1.82, 2.24) is 4.67 Å². The fourth-order valence-corrected chi connectivity index (χ4v) is 4.56. The van der Waals surface area contributed by atoms with Gasteiger partial charge in [0, 0.05) is 5.75 Å². The van der Waals surface area contributed by atoms with E-state index in [1.54, 1.807) is 18.8 Å². The van der Waals surface area contributed by atoms with Crippen LogP contribution in [0.2, 0.25) is 0 Å². The molecule has 1 aliphatic heterocycles. The van der Waals surface area contributed by atoms with Gasteiger partial charge in [0.25, 0.3) is 0 Å². The smallest absolute Gasteiger partial charge is 0.293 e. The fraction of sp³-hybridized carbons (Fsp3) is 0.714. The molecule has 1 heterocycles. The van der Waals surface area contributed by atoms with Gasteiger partial charge in [-0.05, 0) is 20.5 Å². The van der Waals surface area contributed by atoms with E-state index in [0.717, 1.165) is 12.2 Å². The van der Waals surface area contributed by atoms with Crippen molar-refractivity contribution in [2.45, 2.75) is 12.5 Å². The Labute approximate surface area is 77.1 Å². The third-order valence-electron chi connectivity index (χ3n) is 1.57. The quantitative estimate of drug-likeness (QED) is 0.482. The first-order valence-electron chi connectivity index (χ1n) is 3.65. The Hall–Kier alpha value is 0.0600. The lowest BCUT2D eigenvalue weighted by Crippen LogP contribution is -2.20. The highest BCUT2D eigenvalue weighted by atomic mass is 32.7. The predicted octanol–water partition coefficient (Wildman–Crippen LogP) is 1.81. The third kappa shape index (κ3) is 2.05. The standard InChI is InChI=1S/C7H12NO2PS/c1-4-7-5-6-12-11(9,10-7)8(2)3/h1,7H,5-6H2,2-3H3. The van der Waals surface area contributed by atoms with Gasteiger partial charge in [-0.2, -0.15) is 0 Å². The van der Waals surface area contributed by atoms with Crippen LogP contribution in [0.1, 0.15) is 6.42 Å². The molecular formula is C7H12NO2PS. The summed E-state index contributed by atoms with van der Waals surface area (Å²) in [6, 6.07) is 0. The zero-order valence-corrected chi connectivity index (χ0v) is 8.90. The summed E-state index contributed by atoms with van der Waals surface area (Å²) >= 11 is 1.36. The van der Waals surface area contributed by atoms with Gasteiger partial charge < -0.3 is 0 Å². The van der Waals surface area contributed by atoms with Crippen LogP contribution in [0.25, 0.3) is 0 Å². The van der Waals surface area contributed by atoms with Crippen molar-refractivity contribution in [3.63, 3.8) is 0 Å². The van der Waals surface area contributed by atoms with Gasteiger partial charge in [-0.25, -0.2) is 4.67 Å². The first kappa shape index (κ1) is 10.1. The van der Waals surface area contributed by atoms with Gasteiger partial charge in [0.2, 0.25) is 0 Å². The Kier molecular flexibility index (Phi) is 3.25. The highest BCUT2D eigenvalue weighted by Gasteiger charge is 2.34. The van der Waals surface area contributed by atoms with Crippen LogP contribution in [0.4, 0.5) is 0 Å². The van der Waals surface area contributed by atoms with E-state index in [0.29, 0.717) is 0 Å². The third-order valence-corrected chi connectivity index (χ3v) is 6.58. The second-order valence-corrected chi connectivity index (χ2v) is 7.47. The Morgan fingerprint density at radius 1 is 1.75 bits per heavy atom. The molecule has 0 aromatic carbocycles. The number of hydrogen-bond donors (Lipinski definition) is 0. The normalized spacial score (nSPS) is 36.3. The van der Waals surface area contributed by atoms with E-state index in [1.165, 1.54) is 11.4 Å². The van der Waals surface area contributed by atoms with Gasteiger partial charge in [-0.1, -0.05) is 17.3 Å². The molecule has 0 radical (unpaired) electrons. The Morgan fingerprint density at radius 2 is 2.42 bits per heavy atom. The van der Waals surface area contributed by atoms with Crippen LogP contribution in [0.15, 0.2) is 0 Å². The summed E-state index contributed by atoms with van der Waals surface area (Å²) in [5.41, 5.74) is 0. The van der Waals surface area contributed by atoms with Crippen molar-refractivity contribution in [2.24, 2.45) is 0 Å². The maximum absolute atomic E-state index is 11.9. The van der Waals surface area contributed by atoms with Crippen molar-refractivity contribution >= 4 is 18.1 Å². The number of rotatable bonds is 1. The molecule has 0 spiro atoms. The van der Waals surface area contributed by atoms with Crippen LogP contribution in [0.3, 0.4) is 0 Å². The average Bonchev–Trinajstić information content (AvgIpc) is 2.04. The lowest BCUT2D eigenvalue weighted by molar-refractivity contribution is 0.239. The predicted molar refractivity (Wildman–Crippen MR) is 52.1 cm³/mol. The summed E-state index contributed by atoms with van der Waals surface area (Å²) < 4.78 is 18.8. The van der Waals surface area contributed by atoms with Crippen molar-refractivity contribution in [3.8, 4) is 12.3 Å². The SMILES string of the molecule is C#CC1CCSP(=O)(N(C)C)O1. The molecule has 1 rings (SSSR count). The van der Waals surface area contributed by atoms with Gasteiger partial charge in [0.05, 0.1) is 0 Å². The van der Waals surface area contributed by atoms with E-state index in [2.05, 4.69) is 5.92 Å². The van der Waals surface area contributed by atoms with E-state index >= 15 is 0 Å². The van der Waals surface area contributed by atoms with Gasteiger partial charge in [0.1, 0.15) is 6.10 Å². The van der Waals surface area contributed by atoms with E-state index < -0.39 is 6.72 Å². The second-order valence-electron chi connectivity index (χ2n) is 2.70. The van der Waals surface area contributed by atoms with E-state index in [9.17, 15) is 4.57 Å². The molecule has 2 unspecified atom stereocenters. The zero-order valence-electron chi connectivity index (χ0n) is 7.19. The van der Waals surface area contributed by atoms with Crippen LogP contribution < -0.4 is 0 Å². The van der Waals surface area contributed by atoms with Crippen LogP contribution in [-0.4, -0.2) is 30.6 Å².